The molecule has 2 N–H and O–H groups in total. The highest BCUT2D eigenvalue weighted by atomic mass is 19.3. The van der Waals surface area contributed by atoms with Gasteiger partial charge >= 0.3 is 13.2 Å². The SMILES string of the molecule is COc1cc(CNC(=O)CNC(=O)c2ccc(OC(F)F)c(OC)c2)ccc1OC(F)F. The van der Waals surface area contributed by atoms with E-state index >= 15 is 0 Å². The Morgan fingerprint density at radius 3 is 1.94 bits per heavy atom. The number of methoxy groups -OCH3 is 2. The van der Waals surface area contributed by atoms with E-state index in [-0.39, 0.29) is 41.7 Å². The average Bonchev–Trinajstić information content (AvgIpc) is 2.76. The summed E-state index contributed by atoms with van der Waals surface area (Å²) in [7, 11) is 2.51. The second kappa shape index (κ2) is 11.6. The van der Waals surface area contributed by atoms with Crippen LogP contribution in [0.15, 0.2) is 36.4 Å². The molecule has 0 unspecified atom stereocenters. The van der Waals surface area contributed by atoms with Crippen molar-refractivity contribution >= 4 is 11.8 Å². The van der Waals surface area contributed by atoms with Crippen LogP contribution in [-0.4, -0.2) is 45.8 Å². The van der Waals surface area contributed by atoms with E-state index in [1.54, 1.807) is 0 Å². The minimum atomic E-state index is -3.06. The molecule has 8 nitrogen and oxygen atoms in total. The number of amides is 2. The second-order valence-corrected chi connectivity index (χ2v) is 6.07. The highest BCUT2D eigenvalue weighted by Gasteiger charge is 2.15. The zero-order valence-corrected chi connectivity index (χ0v) is 17.0. The van der Waals surface area contributed by atoms with Gasteiger partial charge in [0.2, 0.25) is 5.91 Å². The molecule has 0 aliphatic rings. The monoisotopic (exact) mass is 460 g/mol. The summed E-state index contributed by atoms with van der Waals surface area (Å²) >= 11 is 0. The van der Waals surface area contributed by atoms with Gasteiger partial charge in [-0.2, -0.15) is 17.6 Å². The number of hydrogen-bond acceptors (Lipinski definition) is 6. The number of carbonyl (C=O) groups excluding carboxylic acids is 2. The van der Waals surface area contributed by atoms with Gasteiger partial charge in [-0.05, 0) is 35.9 Å². The van der Waals surface area contributed by atoms with Gasteiger partial charge in [-0.1, -0.05) is 6.07 Å². The molecule has 0 saturated heterocycles. The van der Waals surface area contributed by atoms with Crippen molar-refractivity contribution in [2.45, 2.75) is 19.8 Å². The van der Waals surface area contributed by atoms with Gasteiger partial charge in [-0.3, -0.25) is 9.59 Å². The number of alkyl halides is 4. The Hall–Kier alpha value is -3.70. The molecule has 0 aromatic heterocycles. The van der Waals surface area contributed by atoms with Crippen LogP contribution in [0.25, 0.3) is 0 Å². The Morgan fingerprint density at radius 2 is 1.38 bits per heavy atom. The topological polar surface area (TPSA) is 95.1 Å². The van der Waals surface area contributed by atoms with Crippen LogP contribution >= 0.6 is 0 Å². The number of ether oxygens (including phenoxy) is 4. The molecule has 12 heteroatoms. The van der Waals surface area contributed by atoms with Crippen LogP contribution in [0.4, 0.5) is 17.6 Å². The first-order chi connectivity index (χ1) is 15.2. The van der Waals surface area contributed by atoms with E-state index in [4.69, 9.17) is 9.47 Å². The van der Waals surface area contributed by atoms with E-state index in [0.29, 0.717) is 5.56 Å². The Kier molecular flexibility index (Phi) is 8.93. The zero-order valence-electron chi connectivity index (χ0n) is 17.0. The van der Waals surface area contributed by atoms with Crippen molar-refractivity contribution in [3.05, 3.63) is 47.5 Å². The lowest BCUT2D eigenvalue weighted by atomic mass is 10.2. The lowest BCUT2D eigenvalue weighted by Gasteiger charge is -2.13. The molecule has 2 rings (SSSR count). The molecule has 0 fully saturated rings. The van der Waals surface area contributed by atoms with Gasteiger partial charge in [0, 0.05) is 12.1 Å². The van der Waals surface area contributed by atoms with Gasteiger partial charge in [-0.25, -0.2) is 0 Å². The molecule has 0 bridgehead atoms. The number of carbonyl (C=O) groups is 2. The second-order valence-electron chi connectivity index (χ2n) is 6.07. The van der Waals surface area contributed by atoms with E-state index in [1.165, 1.54) is 44.6 Å². The molecule has 2 amide bonds. The molecule has 2 aromatic carbocycles. The van der Waals surface area contributed by atoms with Crippen molar-refractivity contribution in [1.82, 2.24) is 10.6 Å². The fourth-order valence-electron chi connectivity index (χ4n) is 2.54. The van der Waals surface area contributed by atoms with Crippen LogP contribution in [0.1, 0.15) is 15.9 Å². The number of hydrogen-bond donors (Lipinski definition) is 2. The third-order valence-corrected chi connectivity index (χ3v) is 3.99. The van der Waals surface area contributed by atoms with Crippen LogP contribution < -0.4 is 29.6 Å². The van der Waals surface area contributed by atoms with Gasteiger partial charge in [0.25, 0.3) is 5.91 Å². The molecule has 2 aromatic rings. The maximum absolute atomic E-state index is 12.4. The molecule has 0 aliphatic heterocycles. The molecule has 174 valence electrons. The average molecular weight is 460 g/mol. The van der Waals surface area contributed by atoms with Gasteiger partial charge in [-0.15, -0.1) is 0 Å². The molecular formula is C20H20F4N2O6. The highest BCUT2D eigenvalue weighted by Crippen LogP contribution is 2.30. The molecular weight excluding hydrogens is 440 g/mol. The minimum Gasteiger partial charge on any atom is -0.493 e. The summed E-state index contributed by atoms with van der Waals surface area (Å²) in [6, 6.07) is 7.75. The normalized spacial score (nSPS) is 10.6. The van der Waals surface area contributed by atoms with E-state index in [1.807, 2.05) is 0 Å². The van der Waals surface area contributed by atoms with Crippen molar-refractivity contribution in [3.8, 4) is 23.0 Å². The summed E-state index contributed by atoms with van der Waals surface area (Å²) in [6.45, 7) is -6.40. The third-order valence-electron chi connectivity index (χ3n) is 3.99. The number of benzene rings is 2. The summed E-state index contributed by atoms with van der Waals surface area (Å²) in [4.78, 5) is 24.2. The summed E-state index contributed by atoms with van der Waals surface area (Å²) in [5.41, 5.74) is 0.609. The van der Waals surface area contributed by atoms with Crippen LogP contribution in [-0.2, 0) is 11.3 Å². The molecule has 0 heterocycles. The maximum Gasteiger partial charge on any atom is 0.387 e. The van der Waals surface area contributed by atoms with Crippen molar-refractivity contribution in [2.75, 3.05) is 20.8 Å². The zero-order chi connectivity index (χ0) is 23.7. The van der Waals surface area contributed by atoms with E-state index < -0.39 is 25.0 Å². The fourth-order valence-corrected chi connectivity index (χ4v) is 2.54. The summed E-state index contributed by atoms with van der Waals surface area (Å²) in [5, 5.41) is 4.92. The lowest BCUT2D eigenvalue weighted by molar-refractivity contribution is -0.120. The van der Waals surface area contributed by atoms with E-state index in [9.17, 15) is 27.2 Å². The van der Waals surface area contributed by atoms with Gasteiger partial charge in [0.1, 0.15) is 0 Å². The predicted molar refractivity (Wildman–Crippen MR) is 103 cm³/mol. The molecule has 0 radical (unpaired) electrons. The molecule has 32 heavy (non-hydrogen) atoms. The van der Waals surface area contributed by atoms with E-state index in [2.05, 4.69) is 20.1 Å². The summed E-state index contributed by atoms with van der Waals surface area (Å²) in [5.74, 6) is -1.57. The molecule has 0 spiro atoms. The van der Waals surface area contributed by atoms with Crippen molar-refractivity contribution in [1.29, 1.82) is 0 Å². The Balaban J connectivity index is 1.89. The van der Waals surface area contributed by atoms with Gasteiger partial charge in [0.05, 0.1) is 20.8 Å². The smallest absolute Gasteiger partial charge is 0.387 e. The van der Waals surface area contributed by atoms with Crippen molar-refractivity contribution < 1.29 is 46.1 Å². The molecule has 0 saturated carbocycles. The Labute approximate surface area is 180 Å². The Bertz CT molecular complexity index is 942. The standard InChI is InChI=1S/C20H20F4N2O6/c1-29-15-7-11(3-5-13(15)31-19(21)22)9-25-17(27)10-26-18(28)12-4-6-14(32-20(23)24)16(8-12)30-2/h3-8,19-20H,9-10H2,1-2H3,(H,25,27)(H,26,28). The van der Waals surface area contributed by atoms with Crippen LogP contribution in [0.3, 0.4) is 0 Å². The predicted octanol–water partition coefficient (Wildman–Crippen LogP) is 2.95. The molecule has 0 atom stereocenters. The first-order valence-electron chi connectivity index (χ1n) is 9.03. The Morgan fingerprint density at radius 1 is 0.812 bits per heavy atom. The summed E-state index contributed by atoms with van der Waals surface area (Å²) < 4.78 is 68.0. The largest absolute Gasteiger partial charge is 0.493 e. The third kappa shape index (κ3) is 7.22. The summed E-state index contributed by atoms with van der Waals surface area (Å²) in [6.07, 6.45) is 0. The van der Waals surface area contributed by atoms with E-state index in [0.717, 1.165) is 6.07 Å². The van der Waals surface area contributed by atoms with Crippen molar-refractivity contribution in [3.63, 3.8) is 0 Å². The lowest BCUT2D eigenvalue weighted by Crippen LogP contribution is -2.36. The van der Waals surface area contributed by atoms with Gasteiger partial charge in [0.15, 0.2) is 23.0 Å². The van der Waals surface area contributed by atoms with Crippen LogP contribution in [0, 0.1) is 0 Å². The first-order valence-corrected chi connectivity index (χ1v) is 9.03. The molecule has 0 aliphatic carbocycles. The number of nitrogens with one attached hydrogen (secondary N) is 2. The maximum atomic E-state index is 12.4. The number of rotatable bonds is 11. The first kappa shape index (κ1) is 24.6. The number of halogens is 4. The quantitative estimate of drug-likeness (QED) is 0.501. The van der Waals surface area contributed by atoms with Crippen LogP contribution in [0.2, 0.25) is 0 Å². The fraction of sp³-hybridized carbons (Fsp3) is 0.300. The minimum absolute atomic E-state index is 0.0352. The van der Waals surface area contributed by atoms with Crippen LogP contribution in [0.5, 0.6) is 23.0 Å². The highest BCUT2D eigenvalue weighted by molar-refractivity contribution is 5.97. The van der Waals surface area contributed by atoms with Gasteiger partial charge < -0.3 is 29.6 Å². The van der Waals surface area contributed by atoms with Crippen molar-refractivity contribution in [2.24, 2.45) is 0 Å².